The third-order valence-corrected chi connectivity index (χ3v) is 7.73. The Morgan fingerprint density at radius 3 is 1.14 bits per heavy atom. The van der Waals surface area contributed by atoms with Crippen molar-refractivity contribution in [3.63, 3.8) is 0 Å². The third kappa shape index (κ3) is 8.50. The van der Waals surface area contributed by atoms with Gasteiger partial charge in [-0.1, -0.05) is 182 Å². The maximum atomic E-state index is 5.00. The summed E-state index contributed by atoms with van der Waals surface area (Å²) < 4.78 is 0. The van der Waals surface area contributed by atoms with Gasteiger partial charge in [0.25, 0.3) is 0 Å². The molecule has 0 radical (unpaired) electrons. The lowest BCUT2D eigenvalue weighted by atomic mass is 9.97. The number of hydrogen-bond donors (Lipinski definition) is 1. The molecule has 2 heteroatoms. The zero-order chi connectivity index (χ0) is 30.4. The molecule has 218 valence electrons. The van der Waals surface area contributed by atoms with Crippen LogP contribution in [0.5, 0.6) is 0 Å². The molecule has 0 amide bonds. The van der Waals surface area contributed by atoms with Crippen molar-refractivity contribution in [3.05, 3.63) is 215 Å². The van der Waals surface area contributed by atoms with Gasteiger partial charge >= 0.3 is 0 Å². The Labute approximate surface area is 262 Å². The van der Waals surface area contributed by atoms with Crippen LogP contribution >= 0.6 is 0 Å². The molecule has 0 aliphatic heterocycles. The Kier molecular flexibility index (Phi) is 11.0. The largest absolute Gasteiger partial charge is 0.300 e. The minimum Gasteiger partial charge on any atom is -0.300 e. The minimum atomic E-state index is 0.0302. The first-order valence-electron chi connectivity index (χ1n) is 15.3. The molecule has 0 aliphatic carbocycles. The molecule has 0 aromatic heterocycles. The first-order valence-corrected chi connectivity index (χ1v) is 15.3. The van der Waals surface area contributed by atoms with Crippen LogP contribution in [0.1, 0.15) is 65.4 Å². The molecule has 44 heavy (non-hydrogen) atoms. The molecule has 2 nitrogen and oxygen atoms in total. The van der Waals surface area contributed by atoms with Gasteiger partial charge in [-0.25, -0.2) is 0 Å². The molecule has 0 saturated carbocycles. The molecule has 0 unspecified atom stereocenters. The predicted molar refractivity (Wildman–Crippen MR) is 186 cm³/mol. The maximum absolute atomic E-state index is 5.00. The summed E-state index contributed by atoms with van der Waals surface area (Å²) in [6.07, 6.45) is 0. The molecule has 0 aliphatic rings. The Morgan fingerprint density at radius 1 is 0.432 bits per heavy atom. The van der Waals surface area contributed by atoms with Gasteiger partial charge < -0.3 is 0 Å². The quantitative estimate of drug-likeness (QED) is 0.171. The second-order valence-corrected chi connectivity index (χ2v) is 10.9. The zero-order valence-corrected chi connectivity index (χ0v) is 25.5. The summed E-state index contributed by atoms with van der Waals surface area (Å²) in [6.45, 7) is 4.29. The molecule has 0 spiro atoms. The zero-order valence-electron chi connectivity index (χ0n) is 25.5. The molecule has 0 fully saturated rings. The number of hydrogen-bond acceptors (Lipinski definition) is 2. The van der Waals surface area contributed by atoms with Gasteiger partial charge in [0.15, 0.2) is 0 Å². The minimum absolute atomic E-state index is 0.0302. The van der Waals surface area contributed by atoms with Gasteiger partial charge in [-0.05, 0) is 47.2 Å². The molecular weight excluding hydrogens is 532 g/mol. The van der Waals surface area contributed by atoms with Gasteiger partial charge in [0, 0.05) is 11.8 Å². The van der Waals surface area contributed by atoms with E-state index in [2.05, 4.69) is 171 Å². The normalized spacial score (nSPS) is 12.0. The van der Waals surface area contributed by atoms with Crippen LogP contribution in [0.25, 0.3) is 0 Å². The van der Waals surface area contributed by atoms with Crippen LogP contribution in [0.2, 0.25) is 0 Å². The third-order valence-electron chi connectivity index (χ3n) is 7.73. The summed E-state index contributed by atoms with van der Waals surface area (Å²) in [6, 6.07) is 63.6. The van der Waals surface area contributed by atoms with Crippen LogP contribution in [-0.2, 0) is 0 Å². The fourth-order valence-electron chi connectivity index (χ4n) is 5.32. The predicted octanol–water partition coefficient (Wildman–Crippen LogP) is 10.4. The van der Waals surface area contributed by atoms with E-state index >= 15 is 0 Å². The van der Waals surface area contributed by atoms with Crippen LogP contribution in [0.15, 0.2) is 187 Å². The smallest absolute Gasteiger partial charge is 0.100 e. The summed E-state index contributed by atoms with van der Waals surface area (Å²) in [5.41, 5.74) is 8.53. The summed E-state index contributed by atoms with van der Waals surface area (Å²) in [5.74, 6) is 0. The van der Waals surface area contributed by atoms with Crippen molar-refractivity contribution < 1.29 is 0 Å². The fraction of sp³-hybridized carbons (Fsp3) is 0.119. The molecule has 0 saturated heterocycles. The van der Waals surface area contributed by atoms with E-state index in [0.717, 1.165) is 5.71 Å². The van der Waals surface area contributed by atoms with Crippen LogP contribution in [0.3, 0.4) is 0 Å². The lowest BCUT2D eigenvalue weighted by Gasteiger charge is -2.24. The van der Waals surface area contributed by atoms with Crippen molar-refractivity contribution in [2.24, 2.45) is 4.99 Å². The summed E-state index contributed by atoms with van der Waals surface area (Å²) in [5, 5.41) is 3.77. The van der Waals surface area contributed by atoms with Crippen molar-refractivity contribution in [1.29, 1.82) is 0 Å². The van der Waals surface area contributed by atoms with Gasteiger partial charge in [-0.2, -0.15) is 0 Å². The second kappa shape index (κ2) is 16.0. The number of nitrogens with zero attached hydrogens (tertiary/aromatic N) is 1. The van der Waals surface area contributed by atoms with Crippen LogP contribution in [0, 0.1) is 0 Å². The molecule has 0 heterocycles. The second-order valence-electron chi connectivity index (χ2n) is 10.9. The first kappa shape index (κ1) is 30.4. The average molecular weight is 573 g/mol. The summed E-state index contributed by atoms with van der Waals surface area (Å²) in [4.78, 5) is 5.00. The Bertz CT molecular complexity index is 1590. The highest BCUT2D eigenvalue weighted by Gasteiger charge is 2.17. The molecule has 1 atom stereocenters. The number of benzene rings is 6. The number of rotatable bonds is 9. The molecule has 6 rings (SSSR count). The van der Waals surface area contributed by atoms with Crippen LogP contribution in [-0.4, -0.2) is 5.71 Å². The summed E-state index contributed by atoms with van der Waals surface area (Å²) >= 11 is 0. The molecular formula is C42H40N2. The highest BCUT2D eigenvalue weighted by atomic mass is 14.9. The standard InChI is InChI=1S/C21H21N.C21H19N/c2*1-17(18-11-5-2-6-12-18)22-21(19-13-7-3-8-14-19)20-15-9-4-10-16-20/h2-17,21-22H,1H3;2-16,21H,1H3/t17-;/m1./s1. The van der Waals surface area contributed by atoms with Gasteiger partial charge in [-0.3, -0.25) is 10.3 Å². The first-order chi connectivity index (χ1) is 21.7. The van der Waals surface area contributed by atoms with E-state index in [9.17, 15) is 0 Å². The molecule has 6 aromatic carbocycles. The van der Waals surface area contributed by atoms with Gasteiger partial charge in [0.1, 0.15) is 6.04 Å². The van der Waals surface area contributed by atoms with E-state index in [1.807, 2.05) is 30.3 Å². The van der Waals surface area contributed by atoms with Gasteiger partial charge in [0.05, 0.1) is 6.04 Å². The van der Waals surface area contributed by atoms with E-state index in [-0.39, 0.29) is 18.1 Å². The lowest BCUT2D eigenvalue weighted by Crippen LogP contribution is -2.25. The Morgan fingerprint density at radius 2 is 0.750 bits per heavy atom. The SMILES string of the molecule is CC(=NC(c1ccccc1)c1ccccc1)c1ccccc1.C[C@@H](NC(c1ccccc1)c1ccccc1)c1ccccc1. The maximum Gasteiger partial charge on any atom is 0.100 e. The Balaban J connectivity index is 0.000000175. The average Bonchev–Trinajstić information content (AvgIpc) is 3.12. The number of aliphatic imine (C=N–C) groups is 1. The highest BCUT2D eigenvalue weighted by Crippen LogP contribution is 2.27. The van der Waals surface area contributed by atoms with Crippen LogP contribution < -0.4 is 5.32 Å². The van der Waals surface area contributed by atoms with Crippen LogP contribution in [0.4, 0.5) is 0 Å². The fourth-order valence-corrected chi connectivity index (χ4v) is 5.32. The van der Waals surface area contributed by atoms with Crippen molar-refractivity contribution in [3.8, 4) is 0 Å². The van der Waals surface area contributed by atoms with Crippen molar-refractivity contribution in [2.45, 2.75) is 32.0 Å². The van der Waals surface area contributed by atoms with Gasteiger partial charge in [0.2, 0.25) is 0 Å². The van der Waals surface area contributed by atoms with Gasteiger partial charge in [-0.15, -0.1) is 0 Å². The van der Waals surface area contributed by atoms with E-state index in [1.54, 1.807) is 0 Å². The molecule has 1 N–H and O–H groups in total. The topological polar surface area (TPSA) is 24.4 Å². The van der Waals surface area contributed by atoms with Crippen molar-refractivity contribution in [1.82, 2.24) is 5.32 Å². The molecule has 0 bridgehead atoms. The van der Waals surface area contributed by atoms with E-state index < -0.39 is 0 Å². The van der Waals surface area contributed by atoms with Crippen molar-refractivity contribution in [2.75, 3.05) is 0 Å². The number of nitrogens with one attached hydrogen (secondary N) is 1. The lowest BCUT2D eigenvalue weighted by molar-refractivity contribution is 0.516. The Hall–Kier alpha value is -5.05. The van der Waals surface area contributed by atoms with Crippen molar-refractivity contribution >= 4 is 5.71 Å². The molecule has 6 aromatic rings. The van der Waals surface area contributed by atoms with E-state index in [0.29, 0.717) is 0 Å². The summed E-state index contributed by atoms with van der Waals surface area (Å²) in [7, 11) is 0. The van der Waals surface area contributed by atoms with E-state index in [1.165, 1.54) is 33.4 Å². The monoisotopic (exact) mass is 572 g/mol. The van der Waals surface area contributed by atoms with E-state index in [4.69, 9.17) is 4.99 Å². The highest BCUT2D eigenvalue weighted by molar-refractivity contribution is 5.98.